The van der Waals surface area contributed by atoms with Crippen LogP contribution in [-0.4, -0.2) is 40.5 Å². The van der Waals surface area contributed by atoms with Crippen molar-refractivity contribution in [3.63, 3.8) is 0 Å². The van der Waals surface area contributed by atoms with Gasteiger partial charge >= 0.3 is 0 Å². The Kier molecular flexibility index (Phi) is 6.12. The van der Waals surface area contributed by atoms with Crippen LogP contribution < -0.4 is 20.5 Å². The Morgan fingerprint density at radius 1 is 1.24 bits per heavy atom. The van der Waals surface area contributed by atoms with Gasteiger partial charge in [0, 0.05) is 12.1 Å². The van der Waals surface area contributed by atoms with E-state index in [4.69, 9.17) is 14.3 Å². The van der Waals surface area contributed by atoms with Gasteiger partial charge in [-0.15, -0.1) is 0 Å². The molecule has 3 aromatic rings. The number of aromatic nitrogens is 2. The number of anilines is 1. The summed E-state index contributed by atoms with van der Waals surface area (Å²) in [6.07, 6.45) is -0.301. The third-order valence-corrected chi connectivity index (χ3v) is 6.34. The fourth-order valence-corrected chi connectivity index (χ4v) is 4.69. The van der Waals surface area contributed by atoms with Gasteiger partial charge in [0.1, 0.15) is 11.9 Å². The number of hydrogen-bond acceptors (Lipinski definition) is 9. The fourth-order valence-electron chi connectivity index (χ4n) is 3.81. The van der Waals surface area contributed by atoms with E-state index in [2.05, 4.69) is 21.0 Å². The van der Waals surface area contributed by atoms with Crippen LogP contribution in [0.5, 0.6) is 5.75 Å². The molecule has 0 saturated carbocycles. The van der Waals surface area contributed by atoms with E-state index in [-0.39, 0.29) is 18.0 Å². The third kappa shape index (κ3) is 4.50. The number of nitrogens with one attached hydrogen (secondary N) is 2. The quantitative estimate of drug-likeness (QED) is 0.573. The number of amides is 1. The van der Waals surface area contributed by atoms with Crippen molar-refractivity contribution in [1.82, 2.24) is 21.0 Å². The van der Waals surface area contributed by atoms with E-state index in [0.29, 0.717) is 35.8 Å². The molecule has 33 heavy (non-hydrogen) atoms. The van der Waals surface area contributed by atoms with E-state index in [1.54, 1.807) is 4.90 Å². The van der Waals surface area contributed by atoms with Crippen molar-refractivity contribution in [1.29, 1.82) is 0 Å². The van der Waals surface area contributed by atoms with Crippen molar-refractivity contribution in [3.8, 4) is 17.1 Å². The zero-order valence-corrected chi connectivity index (χ0v) is 19.1. The van der Waals surface area contributed by atoms with Crippen molar-refractivity contribution in [2.75, 3.05) is 18.1 Å². The molecule has 10 heteroatoms. The number of thioether (sulfide) groups is 1. The highest BCUT2D eigenvalue weighted by atomic mass is 32.2. The number of carbonyl (C=O) groups is 1. The molecule has 3 heterocycles. The van der Waals surface area contributed by atoms with Gasteiger partial charge in [0.05, 0.1) is 24.0 Å². The highest BCUT2D eigenvalue weighted by Crippen LogP contribution is 2.31. The van der Waals surface area contributed by atoms with Crippen LogP contribution in [0.25, 0.3) is 11.4 Å². The molecule has 2 atom stereocenters. The number of aliphatic imine (C=N–C) groups is 1. The number of aryl methyl sites for hydroxylation is 1. The number of ether oxygens (including phenoxy) is 1. The zero-order valence-electron chi connectivity index (χ0n) is 18.3. The lowest BCUT2D eigenvalue weighted by molar-refractivity contribution is -0.121. The second-order valence-corrected chi connectivity index (χ2v) is 8.70. The second kappa shape index (κ2) is 9.34. The summed E-state index contributed by atoms with van der Waals surface area (Å²) in [5.41, 5.74) is 8.89. The zero-order chi connectivity index (χ0) is 22.8. The molecule has 1 aromatic heterocycles. The van der Waals surface area contributed by atoms with Crippen LogP contribution >= 0.6 is 11.8 Å². The lowest BCUT2D eigenvalue weighted by Gasteiger charge is -2.32. The number of rotatable bonds is 6. The number of hydrazine groups is 1. The largest absolute Gasteiger partial charge is 0.494 e. The smallest absolute Gasteiger partial charge is 0.241 e. The topological polar surface area (TPSA) is 105 Å². The maximum Gasteiger partial charge on any atom is 0.241 e. The maximum absolute atomic E-state index is 13.3. The van der Waals surface area contributed by atoms with Gasteiger partial charge in [-0.1, -0.05) is 40.7 Å². The summed E-state index contributed by atoms with van der Waals surface area (Å²) in [7, 11) is 0. The Hall–Kier alpha value is -3.21. The lowest BCUT2D eigenvalue weighted by Crippen LogP contribution is -2.49. The number of benzene rings is 2. The Morgan fingerprint density at radius 3 is 2.88 bits per heavy atom. The van der Waals surface area contributed by atoms with Crippen LogP contribution in [0.1, 0.15) is 18.4 Å². The molecule has 170 valence electrons. The molecule has 2 aromatic carbocycles. The van der Waals surface area contributed by atoms with Crippen molar-refractivity contribution < 1.29 is 14.1 Å². The van der Waals surface area contributed by atoms with Gasteiger partial charge in [0.15, 0.2) is 5.17 Å². The Labute approximate surface area is 195 Å². The predicted molar refractivity (Wildman–Crippen MR) is 127 cm³/mol. The average Bonchev–Trinajstić information content (AvgIpc) is 3.49. The number of nitrogens with zero attached hydrogens (tertiary/aromatic N) is 4. The van der Waals surface area contributed by atoms with Gasteiger partial charge in [0.25, 0.3) is 0 Å². The summed E-state index contributed by atoms with van der Waals surface area (Å²) in [4.78, 5) is 24.3. The Bertz CT molecular complexity index is 1180. The minimum Gasteiger partial charge on any atom is -0.494 e. The molecule has 1 fully saturated rings. The van der Waals surface area contributed by atoms with E-state index in [1.807, 2.05) is 62.4 Å². The first-order chi connectivity index (χ1) is 16.1. The molecule has 0 spiro atoms. The minimum atomic E-state index is -0.301. The van der Waals surface area contributed by atoms with Crippen LogP contribution in [0.2, 0.25) is 0 Å². The number of fused-ring (bicyclic) bond motifs is 1. The SMILES string of the molecule is CCOc1ccc(N2C(=O)C3CNNC3N=C2SCc2nc(-c3cccc(C)c3)no2)cc1. The van der Waals surface area contributed by atoms with Gasteiger partial charge in [-0.25, -0.2) is 10.4 Å². The Balaban J connectivity index is 1.37. The van der Waals surface area contributed by atoms with Crippen molar-refractivity contribution in [2.45, 2.75) is 25.8 Å². The summed E-state index contributed by atoms with van der Waals surface area (Å²) < 4.78 is 11.0. The molecule has 1 saturated heterocycles. The molecule has 0 radical (unpaired) electrons. The maximum atomic E-state index is 13.3. The van der Waals surface area contributed by atoms with E-state index in [1.165, 1.54) is 11.8 Å². The normalized spacial score (nSPS) is 20.0. The molecule has 2 unspecified atom stereocenters. The Morgan fingerprint density at radius 2 is 2.09 bits per heavy atom. The van der Waals surface area contributed by atoms with Crippen molar-refractivity contribution >= 4 is 28.5 Å². The summed E-state index contributed by atoms with van der Waals surface area (Å²) in [6, 6.07) is 15.4. The first-order valence-corrected chi connectivity index (χ1v) is 11.8. The molecule has 2 N–H and O–H groups in total. The lowest BCUT2D eigenvalue weighted by atomic mass is 10.0. The van der Waals surface area contributed by atoms with Gasteiger partial charge < -0.3 is 9.26 Å². The molecule has 9 nitrogen and oxygen atoms in total. The summed E-state index contributed by atoms with van der Waals surface area (Å²) in [5, 5.41) is 4.69. The van der Waals surface area contributed by atoms with Gasteiger partial charge in [-0.3, -0.25) is 15.1 Å². The summed E-state index contributed by atoms with van der Waals surface area (Å²) in [6.45, 7) is 5.07. The first-order valence-electron chi connectivity index (χ1n) is 10.8. The number of hydrogen-bond donors (Lipinski definition) is 2. The summed E-state index contributed by atoms with van der Waals surface area (Å²) in [5.74, 6) is 1.89. The average molecular weight is 465 g/mol. The fraction of sp³-hybridized carbons (Fsp3) is 0.304. The van der Waals surface area contributed by atoms with Gasteiger partial charge in [0.2, 0.25) is 17.6 Å². The number of amidine groups is 1. The summed E-state index contributed by atoms with van der Waals surface area (Å²) >= 11 is 1.39. The van der Waals surface area contributed by atoms with Crippen LogP contribution in [-0.2, 0) is 10.5 Å². The molecular formula is C23H24N6O3S. The molecule has 1 amide bonds. The second-order valence-electron chi connectivity index (χ2n) is 7.76. The van der Waals surface area contributed by atoms with Crippen LogP contribution in [0.15, 0.2) is 58.0 Å². The monoisotopic (exact) mass is 464 g/mol. The van der Waals surface area contributed by atoms with Crippen molar-refractivity contribution in [2.24, 2.45) is 10.9 Å². The van der Waals surface area contributed by atoms with E-state index in [9.17, 15) is 4.79 Å². The molecule has 5 rings (SSSR count). The predicted octanol–water partition coefficient (Wildman–Crippen LogP) is 3.13. The highest BCUT2D eigenvalue weighted by Gasteiger charge is 2.42. The van der Waals surface area contributed by atoms with Gasteiger partial charge in [-0.05, 0) is 44.2 Å². The van der Waals surface area contributed by atoms with E-state index in [0.717, 1.165) is 22.6 Å². The standard InChI is InChI=1S/C23H24N6O3S/c1-3-31-17-9-7-16(8-10-17)29-22(30)18-12-24-27-21(18)26-23(29)33-13-19-25-20(28-32-19)15-6-4-5-14(2)11-15/h4-11,18,21,24,27H,3,12-13H2,1-2H3. The van der Waals surface area contributed by atoms with Crippen molar-refractivity contribution in [3.05, 3.63) is 60.0 Å². The first kappa shape index (κ1) is 21.6. The molecular weight excluding hydrogens is 440 g/mol. The van der Waals surface area contributed by atoms with Crippen LogP contribution in [0.4, 0.5) is 5.69 Å². The minimum absolute atomic E-state index is 0.00913. The van der Waals surface area contributed by atoms with Crippen LogP contribution in [0.3, 0.4) is 0 Å². The van der Waals surface area contributed by atoms with Gasteiger partial charge in [-0.2, -0.15) is 4.98 Å². The van der Waals surface area contributed by atoms with E-state index < -0.39 is 0 Å². The third-order valence-electron chi connectivity index (χ3n) is 5.41. The van der Waals surface area contributed by atoms with E-state index >= 15 is 0 Å². The molecule has 0 bridgehead atoms. The number of carbonyl (C=O) groups excluding carboxylic acids is 1. The molecule has 2 aliphatic rings. The van der Waals surface area contributed by atoms with Crippen LogP contribution in [0, 0.1) is 12.8 Å². The molecule has 2 aliphatic heterocycles. The highest BCUT2D eigenvalue weighted by molar-refractivity contribution is 8.13. The molecule has 0 aliphatic carbocycles.